The average molecular weight is 435 g/mol. The zero-order valence-electron chi connectivity index (χ0n) is 14.4. The first kappa shape index (κ1) is 20.2. The number of benzene rings is 2. The zero-order valence-corrected chi connectivity index (χ0v) is 15.9. The molecule has 0 saturated heterocycles. The monoisotopic (exact) mass is 434 g/mol. The van der Waals surface area contributed by atoms with Gasteiger partial charge in [0.15, 0.2) is 0 Å². The number of nitrogen functional groups attached to an aromatic ring is 1. The van der Waals surface area contributed by atoms with E-state index < -0.39 is 34.4 Å². The van der Waals surface area contributed by atoms with E-state index in [0.717, 1.165) is 0 Å². The molecule has 0 aliphatic carbocycles. The van der Waals surface area contributed by atoms with Gasteiger partial charge in [0.2, 0.25) is 0 Å². The summed E-state index contributed by atoms with van der Waals surface area (Å²) in [5, 5.41) is 19.7. The van der Waals surface area contributed by atoms with Crippen LogP contribution in [0.2, 0.25) is 10.0 Å². The maximum atomic E-state index is 12.1. The van der Waals surface area contributed by atoms with Gasteiger partial charge in [0.25, 0.3) is 5.56 Å². The standard InChI is InChI=1S/C19H12Cl2N2O6/c20-9-5-10(21)7-12(6-9)29-11-3-1-2-8(4-11)13-14(18(25)26)16(22)23-17(24)15(13)19(27)28/h1-7H,(H,25,26)(H,27,28)(H3,22,23,24). The summed E-state index contributed by atoms with van der Waals surface area (Å²) in [5.41, 5.74) is 3.10. The lowest BCUT2D eigenvalue weighted by Gasteiger charge is -2.13. The second kappa shape index (κ2) is 7.86. The van der Waals surface area contributed by atoms with E-state index >= 15 is 0 Å². The van der Waals surface area contributed by atoms with E-state index in [1.807, 2.05) is 4.98 Å². The Labute approximate surface area is 173 Å². The maximum Gasteiger partial charge on any atom is 0.342 e. The van der Waals surface area contributed by atoms with Gasteiger partial charge in [-0.2, -0.15) is 0 Å². The van der Waals surface area contributed by atoms with Crippen LogP contribution in [0.1, 0.15) is 20.7 Å². The van der Waals surface area contributed by atoms with Gasteiger partial charge in [0.1, 0.15) is 28.4 Å². The Kier molecular flexibility index (Phi) is 5.49. The number of hydrogen-bond donors (Lipinski definition) is 4. The summed E-state index contributed by atoms with van der Waals surface area (Å²) < 4.78 is 5.68. The third-order valence-corrected chi connectivity index (χ3v) is 4.30. The van der Waals surface area contributed by atoms with Crippen molar-refractivity contribution in [1.82, 2.24) is 4.98 Å². The Morgan fingerprint density at radius 2 is 1.55 bits per heavy atom. The average Bonchev–Trinajstić information content (AvgIpc) is 2.59. The molecule has 0 amide bonds. The molecule has 0 aliphatic rings. The van der Waals surface area contributed by atoms with Crippen LogP contribution in [0.3, 0.4) is 0 Å². The summed E-state index contributed by atoms with van der Waals surface area (Å²) in [4.78, 5) is 37.5. The van der Waals surface area contributed by atoms with Gasteiger partial charge in [-0.15, -0.1) is 0 Å². The Balaban J connectivity index is 2.19. The fourth-order valence-electron chi connectivity index (χ4n) is 2.77. The molecule has 5 N–H and O–H groups in total. The highest BCUT2D eigenvalue weighted by Gasteiger charge is 2.26. The number of aromatic nitrogens is 1. The van der Waals surface area contributed by atoms with Crippen molar-refractivity contribution in [2.45, 2.75) is 0 Å². The molecular formula is C19H12Cl2N2O6. The Hall–Kier alpha value is -3.49. The summed E-state index contributed by atoms with van der Waals surface area (Å²) in [5.74, 6) is -3.02. The molecule has 0 unspecified atom stereocenters. The summed E-state index contributed by atoms with van der Waals surface area (Å²) in [6, 6.07) is 10.4. The van der Waals surface area contributed by atoms with Crippen molar-refractivity contribution in [3.05, 3.63) is 74.0 Å². The fourth-order valence-corrected chi connectivity index (χ4v) is 3.28. The molecule has 0 bridgehead atoms. The minimum Gasteiger partial charge on any atom is -0.478 e. The second-order valence-electron chi connectivity index (χ2n) is 5.84. The van der Waals surface area contributed by atoms with Gasteiger partial charge < -0.3 is 25.7 Å². The van der Waals surface area contributed by atoms with E-state index in [0.29, 0.717) is 15.8 Å². The van der Waals surface area contributed by atoms with Crippen LogP contribution in [-0.4, -0.2) is 27.1 Å². The number of carboxylic acid groups (broad SMARTS) is 2. The van der Waals surface area contributed by atoms with Gasteiger partial charge in [-0.3, -0.25) is 4.79 Å². The normalized spacial score (nSPS) is 10.6. The predicted molar refractivity (Wildman–Crippen MR) is 107 cm³/mol. The maximum absolute atomic E-state index is 12.1. The summed E-state index contributed by atoms with van der Waals surface area (Å²) in [7, 11) is 0. The number of rotatable bonds is 5. The third-order valence-electron chi connectivity index (χ3n) is 3.87. The van der Waals surface area contributed by atoms with Crippen LogP contribution in [0.4, 0.5) is 5.82 Å². The molecule has 0 spiro atoms. The van der Waals surface area contributed by atoms with Crippen molar-refractivity contribution in [3.8, 4) is 22.6 Å². The van der Waals surface area contributed by atoms with Crippen molar-refractivity contribution in [2.75, 3.05) is 5.73 Å². The van der Waals surface area contributed by atoms with Crippen LogP contribution >= 0.6 is 23.2 Å². The number of carboxylic acids is 2. The molecule has 2 aromatic carbocycles. The molecule has 3 rings (SSSR count). The zero-order chi connectivity index (χ0) is 21.3. The number of hydrogen-bond acceptors (Lipinski definition) is 5. The lowest BCUT2D eigenvalue weighted by molar-refractivity contribution is 0.0695. The van der Waals surface area contributed by atoms with Gasteiger partial charge in [0, 0.05) is 15.6 Å². The van der Waals surface area contributed by atoms with Gasteiger partial charge in [-0.1, -0.05) is 35.3 Å². The third kappa shape index (κ3) is 4.18. The molecule has 0 atom stereocenters. The number of pyridine rings is 1. The van der Waals surface area contributed by atoms with Crippen LogP contribution in [0.25, 0.3) is 11.1 Å². The number of halogens is 2. The predicted octanol–water partition coefficient (Wildman–Crippen LogP) is 4.12. The van der Waals surface area contributed by atoms with Gasteiger partial charge in [-0.25, -0.2) is 9.59 Å². The highest BCUT2D eigenvalue weighted by atomic mass is 35.5. The number of anilines is 1. The van der Waals surface area contributed by atoms with E-state index in [2.05, 4.69) is 0 Å². The number of H-pyrrole nitrogens is 1. The lowest BCUT2D eigenvalue weighted by atomic mass is 9.95. The van der Waals surface area contributed by atoms with Crippen molar-refractivity contribution < 1.29 is 24.5 Å². The largest absolute Gasteiger partial charge is 0.478 e. The van der Waals surface area contributed by atoms with Crippen molar-refractivity contribution in [2.24, 2.45) is 0 Å². The molecule has 148 valence electrons. The highest BCUT2D eigenvalue weighted by molar-refractivity contribution is 6.34. The Morgan fingerprint density at radius 1 is 0.931 bits per heavy atom. The molecule has 0 fully saturated rings. The number of ether oxygens (including phenoxy) is 1. The van der Waals surface area contributed by atoms with E-state index in [1.165, 1.54) is 36.4 Å². The minimum atomic E-state index is -1.60. The summed E-state index contributed by atoms with van der Waals surface area (Å²) in [6.07, 6.45) is 0. The summed E-state index contributed by atoms with van der Waals surface area (Å²) in [6.45, 7) is 0. The Morgan fingerprint density at radius 3 is 2.14 bits per heavy atom. The molecule has 10 heteroatoms. The topological polar surface area (TPSA) is 143 Å². The molecule has 0 saturated carbocycles. The molecule has 8 nitrogen and oxygen atoms in total. The van der Waals surface area contributed by atoms with Crippen molar-refractivity contribution in [1.29, 1.82) is 0 Å². The fraction of sp³-hybridized carbons (Fsp3) is 0. The number of nitrogens with one attached hydrogen (secondary N) is 1. The number of aromatic carboxylic acids is 2. The van der Waals surface area contributed by atoms with Crippen LogP contribution in [0, 0.1) is 0 Å². The molecule has 1 aromatic heterocycles. The minimum absolute atomic E-state index is 0.114. The van der Waals surface area contributed by atoms with Crippen LogP contribution in [0.5, 0.6) is 11.5 Å². The molecule has 29 heavy (non-hydrogen) atoms. The van der Waals surface area contributed by atoms with Gasteiger partial charge >= 0.3 is 11.9 Å². The second-order valence-corrected chi connectivity index (χ2v) is 6.71. The Bertz CT molecular complexity index is 1190. The SMILES string of the molecule is Nc1[nH]c(=O)c(C(=O)O)c(-c2cccc(Oc3cc(Cl)cc(Cl)c3)c2)c1C(=O)O. The smallest absolute Gasteiger partial charge is 0.342 e. The van der Waals surface area contributed by atoms with E-state index in [-0.39, 0.29) is 16.9 Å². The first-order valence-electron chi connectivity index (χ1n) is 7.94. The van der Waals surface area contributed by atoms with Crippen LogP contribution < -0.4 is 16.0 Å². The molecule has 0 aliphatic heterocycles. The highest BCUT2D eigenvalue weighted by Crippen LogP contribution is 2.34. The van der Waals surface area contributed by atoms with Gasteiger partial charge in [-0.05, 0) is 35.9 Å². The number of nitrogens with two attached hydrogens (primary N) is 1. The van der Waals surface area contributed by atoms with Crippen LogP contribution in [-0.2, 0) is 0 Å². The number of aromatic amines is 1. The van der Waals surface area contributed by atoms with Crippen LogP contribution in [0.15, 0.2) is 47.3 Å². The first-order chi connectivity index (χ1) is 13.7. The van der Waals surface area contributed by atoms with Gasteiger partial charge in [0.05, 0.1) is 0 Å². The van der Waals surface area contributed by atoms with E-state index in [9.17, 15) is 24.6 Å². The van der Waals surface area contributed by atoms with E-state index in [4.69, 9.17) is 33.7 Å². The quantitative estimate of drug-likeness (QED) is 0.472. The van der Waals surface area contributed by atoms with Crippen molar-refractivity contribution in [3.63, 3.8) is 0 Å². The molecular weight excluding hydrogens is 423 g/mol. The molecule has 3 aromatic rings. The molecule has 0 radical (unpaired) electrons. The lowest BCUT2D eigenvalue weighted by Crippen LogP contribution is -2.24. The van der Waals surface area contributed by atoms with E-state index in [1.54, 1.807) is 6.07 Å². The number of carbonyl (C=O) groups is 2. The first-order valence-corrected chi connectivity index (χ1v) is 8.69. The van der Waals surface area contributed by atoms with Crippen molar-refractivity contribution >= 4 is 41.0 Å². The molecule has 1 heterocycles. The summed E-state index contributed by atoms with van der Waals surface area (Å²) >= 11 is 11.9.